The number of rotatable bonds is 5. The van der Waals surface area contributed by atoms with Gasteiger partial charge in [0.05, 0.1) is 19.4 Å². The SMILES string of the molecule is CN(C)c1nc(N2CCOCC2)ncc1NC(=O)c1cc(-c2cccnc2)on1. The van der Waals surface area contributed by atoms with E-state index < -0.39 is 5.91 Å². The molecule has 1 saturated heterocycles. The first-order valence-corrected chi connectivity index (χ1v) is 9.17. The first-order chi connectivity index (χ1) is 14.1. The number of anilines is 3. The van der Waals surface area contributed by atoms with Gasteiger partial charge in [-0.2, -0.15) is 4.98 Å². The molecule has 4 rings (SSSR count). The van der Waals surface area contributed by atoms with Gasteiger partial charge in [-0.1, -0.05) is 5.16 Å². The summed E-state index contributed by atoms with van der Waals surface area (Å²) in [7, 11) is 3.72. The van der Waals surface area contributed by atoms with Crippen LogP contribution in [0.1, 0.15) is 10.5 Å². The number of carbonyl (C=O) groups is 1. The lowest BCUT2D eigenvalue weighted by Crippen LogP contribution is -2.37. The van der Waals surface area contributed by atoms with Gasteiger partial charge >= 0.3 is 0 Å². The molecule has 1 aliphatic heterocycles. The lowest BCUT2D eigenvalue weighted by Gasteiger charge is -2.28. The molecule has 1 N–H and O–H groups in total. The zero-order chi connectivity index (χ0) is 20.2. The zero-order valence-electron chi connectivity index (χ0n) is 16.2. The smallest absolute Gasteiger partial charge is 0.278 e. The molecule has 10 nitrogen and oxygen atoms in total. The summed E-state index contributed by atoms with van der Waals surface area (Å²) in [4.78, 5) is 29.6. The fourth-order valence-corrected chi connectivity index (χ4v) is 2.92. The lowest BCUT2D eigenvalue weighted by atomic mass is 10.2. The highest BCUT2D eigenvalue weighted by molar-refractivity contribution is 6.04. The summed E-state index contributed by atoms with van der Waals surface area (Å²) in [6.45, 7) is 2.75. The summed E-state index contributed by atoms with van der Waals surface area (Å²) < 4.78 is 10.6. The van der Waals surface area contributed by atoms with Gasteiger partial charge in [-0.15, -0.1) is 0 Å². The van der Waals surface area contributed by atoms with Crippen LogP contribution in [-0.4, -0.2) is 66.4 Å². The van der Waals surface area contributed by atoms with E-state index in [4.69, 9.17) is 9.26 Å². The molecule has 0 aromatic carbocycles. The van der Waals surface area contributed by atoms with Gasteiger partial charge in [0.15, 0.2) is 17.3 Å². The van der Waals surface area contributed by atoms with Crippen molar-refractivity contribution in [3.8, 4) is 11.3 Å². The van der Waals surface area contributed by atoms with Crippen LogP contribution in [0.3, 0.4) is 0 Å². The van der Waals surface area contributed by atoms with Crippen molar-refractivity contribution in [2.45, 2.75) is 0 Å². The molecule has 0 saturated carbocycles. The molecule has 3 aromatic rings. The van der Waals surface area contributed by atoms with Crippen LogP contribution in [0, 0.1) is 0 Å². The van der Waals surface area contributed by atoms with Crippen molar-refractivity contribution < 1.29 is 14.1 Å². The summed E-state index contributed by atoms with van der Waals surface area (Å²) in [6, 6.07) is 5.19. The quantitative estimate of drug-likeness (QED) is 0.690. The third-order valence-corrected chi connectivity index (χ3v) is 4.41. The van der Waals surface area contributed by atoms with Gasteiger partial charge in [-0.05, 0) is 12.1 Å². The summed E-state index contributed by atoms with van der Waals surface area (Å²) in [5, 5.41) is 6.68. The Morgan fingerprint density at radius 3 is 2.79 bits per heavy atom. The number of amides is 1. The van der Waals surface area contributed by atoms with Crippen LogP contribution in [0.15, 0.2) is 41.3 Å². The van der Waals surface area contributed by atoms with E-state index in [1.165, 1.54) is 0 Å². The number of hydrogen-bond acceptors (Lipinski definition) is 9. The minimum absolute atomic E-state index is 0.158. The Bertz CT molecular complexity index is 984. The van der Waals surface area contributed by atoms with E-state index in [1.807, 2.05) is 25.1 Å². The fourth-order valence-electron chi connectivity index (χ4n) is 2.92. The highest BCUT2D eigenvalue weighted by Crippen LogP contribution is 2.25. The molecule has 0 radical (unpaired) electrons. The topological polar surface area (TPSA) is 110 Å². The molecule has 29 heavy (non-hydrogen) atoms. The standard InChI is InChI=1S/C19H21N7O3/c1-25(2)17-15(12-21-19(23-17)26-6-8-28-9-7-26)22-18(27)14-10-16(29-24-14)13-4-3-5-20-11-13/h3-5,10-12H,6-9H2,1-2H3,(H,22,27). The molecule has 4 heterocycles. The summed E-state index contributed by atoms with van der Waals surface area (Å²) >= 11 is 0. The maximum atomic E-state index is 12.7. The van der Waals surface area contributed by atoms with Gasteiger partial charge in [0.2, 0.25) is 5.95 Å². The van der Waals surface area contributed by atoms with Gasteiger partial charge in [0.25, 0.3) is 5.91 Å². The average molecular weight is 395 g/mol. The second kappa shape index (κ2) is 8.23. The van der Waals surface area contributed by atoms with Crippen molar-refractivity contribution in [1.29, 1.82) is 0 Å². The Hall–Kier alpha value is -3.53. The number of hydrogen-bond donors (Lipinski definition) is 1. The number of morpholine rings is 1. The summed E-state index contributed by atoms with van der Waals surface area (Å²) in [6.07, 6.45) is 4.91. The number of nitrogens with one attached hydrogen (secondary N) is 1. The van der Waals surface area contributed by atoms with Crippen molar-refractivity contribution in [3.05, 3.63) is 42.5 Å². The number of nitrogens with zero attached hydrogens (tertiary/aromatic N) is 6. The fraction of sp³-hybridized carbons (Fsp3) is 0.316. The Morgan fingerprint density at radius 2 is 2.07 bits per heavy atom. The predicted molar refractivity (Wildman–Crippen MR) is 107 cm³/mol. The number of pyridine rings is 1. The van der Waals surface area contributed by atoms with E-state index in [2.05, 4.69) is 30.3 Å². The average Bonchev–Trinajstić information content (AvgIpc) is 3.26. The molecule has 0 bridgehead atoms. The number of aromatic nitrogens is 4. The number of ether oxygens (including phenoxy) is 1. The van der Waals surface area contributed by atoms with Crippen LogP contribution >= 0.6 is 0 Å². The van der Waals surface area contributed by atoms with Crippen molar-refractivity contribution in [3.63, 3.8) is 0 Å². The normalized spacial score (nSPS) is 13.9. The third kappa shape index (κ3) is 4.16. The molecule has 10 heteroatoms. The van der Waals surface area contributed by atoms with E-state index in [0.29, 0.717) is 36.4 Å². The second-order valence-corrected chi connectivity index (χ2v) is 6.67. The van der Waals surface area contributed by atoms with Crippen molar-refractivity contribution in [1.82, 2.24) is 20.1 Å². The van der Waals surface area contributed by atoms with Crippen LogP contribution in [-0.2, 0) is 4.74 Å². The zero-order valence-corrected chi connectivity index (χ0v) is 16.2. The maximum absolute atomic E-state index is 12.7. The predicted octanol–water partition coefficient (Wildman–Crippen LogP) is 1.68. The Kier molecular flexibility index (Phi) is 5.34. The van der Waals surface area contributed by atoms with Gasteiger partial charge in [-0.25, -0.2) is 4.98 Å². The molecular formula is C19H21N7O3. The van der Waals surface area contributed by atoms with E-state index >= 15 is 0 Å². The van der Waals surface area contributed by atoms with Crippen molar-refractivity contribution in [2.24, 2.45) is 0 Å². The summed E-state index contributed by atoms with van der Waals surface area (Å²) in [5.41, 5.74) is 1.39. The van der Waals surface area contributed by atoms with E-state index in [0.717, 1.165) is 18.7 Å². The molecule has 0 aliphatic carbocycles. The number of carbonyl (C=O) groups excluding carboxylic acids is 1. The van der Waals surface area contributed by atoms with Gasteiger partial charge in [0, 0.05) is 51.2 Å². The van der Waals surface area contributed by atoms with Crippen molar-refractivity contribution in [2.75, 3.05) is 55.5 Å². The third-order valence-electron chi connectivity index (χ3n) is 4.41. The second-order valence-electron chi connectivity index (χ2n) is 6.67. The summed E-state index contributed by atoms with van der Waals surface area (Å²) in [5.74, 6) is 1.27. The first kappa shape index (κ1) is 18.8. The van der Waals surface area contributed by atoms with Gasteiger partial charge < -0.3 is 24.4 Å². The first-order valence-electron chi connectivity index (χ1n) is 9.17. The minimum atomic E-state index is -0.408. The van der Waals surface area contributed by atoms with Crippen LogP contribution in [0.2, 0.25) is 0 Å². The van der Waals surface area contributed by atoms with Crippen LogP contribution < -0.4 is 15.1 Å². The largest absolute Gasteiger partial charge is 0.378 e. The van der Waals surface area contributed by atoms with Crippen LogP contribution in [0.25, 0.3) is 11.3 Å². The maximum Gasteiger partial charge on any atom is 0.278 e. The van der Waals surface area contributed by atoms with E-state index in [-0.39, 0.29) is 5.69 Å². The molecule has 0 atom stereocenters. The Morgan fingerprint density at radius 1 is 1.24 bits per heavy atom. The molecule has 0 spiro atoms. The van der Waals surface area contributed by atoms with Gasteiger partial charge in [0.1, 0.15) is 5.69 Å². The minimum Gasteiger partial charge on any atom is -0.378 e. The Labute approximate surface area is 167 Å². The monoisotopic (exact) mass is 395 g/mol. The Balaban J connectivity index is 1.54. The molecule has 1 fully saturated rings. The van der Waals surface area contributed by atoms with E-state index in [9.17, 15) is 4.79 Å². The molecule has 150 valence electrons. The molecular weight excluding hydrogens is 374 g/mol. The highest BCUT2D eigenvalue weighted by atomic mass is 16.5. The molecule has 0 unspecified atom stereocenters. The van der Waals surface area contributed by atoms with E-state index in [1.54, 1.807) is 30.7 Å². The van der Waals surface area contributed by atoms with Crippen LogP contribution in [0.4, 0.5) is 17.5 Å². The van der Waals surface area contributed by atoms with Gasteiger partial charge in [-0.3, -0.25) is 9.78 Å². The van der Waals surface area contributed by atoms with Crippen molar-refractivity contribution >= 4 is 23.4 Å². The molecule has 3 aromatic heterocycles. The lowest BCUT2D eigenvalue weighted by molar-refractivity contribution is 0.101. The highest BCUT2D eigenvalue weighted by Gasteiger charge is 2.20. The van der Waals surface area contributed by atoms with Crippen LogP contribution in [0.5, 0.6) is 0 Å². The molecule has 1 amide bonds. The molecule has 1 aliphatic rings.